The smallest absolute Gasteiger partial charge is 0.326 e. The number of rotatable bonds is 10. The summed E-state index contributed by atoms with van der Waals surface area (Å²) in [5, 5.41) is 16.3. The Balaban J connectivity index is 0.000000228. The second-order valence-corrected chi connectivity index (χ2v) is 16.8. The Morgan fingerprint density at radius 2 is 1.10 bits per heavy atom. The molecule has 21 heteroatoms. The van der Waals surface area contributed by atoms with Gasteiger partial charge in [0.05, 0.1) is 28.2 Å². The summed E-state index contributed by atoms with van der Waals surface area (Å²) < 4.78 is 100. The number of halogens is 7. The van der Waals surface area contributed by atoms with Gasteiger partial charge >= 0.3 is 6.18 Å². The number of anilines is 2. The highest BCUT2D eigenvalue weighted by atomic mass is 35.5. The largest absolute Gasteiger partial charge is 0.416 e. The molecule has 4 aromatic carbocycles. The van der Waals surface area contributed by atoms with Crippen LogP contribution in [0.15, 0.2) is 125 Å². The molecule has 0 unspecified atom stereocenters. The molecule has 0 bridgehead atoms. The van der Waals surface area contributed by atoms with Crippen molar-refractivity contribution in [1.82, 2.24) is 9.97 Å². The number of primary sulfonamides is 2. The maximum atomic E-state index is 13.9. The van der Waals surface area contributed by atoms with E-state index in [1.807, 2.05) is 0 Å². The Morgan fingerprint density at radius 1 is 0.633 bits per heavy atom. The number of hydrogen-bond donors (Lipinski definition) is 4. The fraction of sp³-hybridized carbons (Fsp3) is 0.0769. The molecule has 0 atom stereocenters. The minimum absolute atomic E-state index is 0.0437. The van der Waals surface area contributed by atoms with Crippen molar-refractivity contribution >= 4 is 78.0 Å². The van der Waals surface area contributed by atoms with Crippen molar-refractivity contribution in [3.63, 3.8) is 0 Å². The highest BCUT2D eigenvalue weighted by Crippen LogP contribution is 2.32. The molecule has 0 aliphatic heterocycles. The van der Waals surface area contributed by atoms with Crippen molar-refractivity contribution in [3.8, 4) is 22.3 Å². The zero-order valence-electron chi connectivity index (χ0n) is 30.3. The first-order valence-electron chi connectivity index (χ1n) is 16.8. The van der Waals surface area contributed by atoms with Gasteiger partial charge in [0.25, 0.3) is 0 Å². The van der Waals surface area contributed by atoms with Crippen LogP contribution in [-0.4, -0.2) is 38.6 Å². The summed E-state index contributed by atoms with van der Waals surface area (Å²) in [4.78, 5) is 32.0. The van der Waals surface area contributed by atoms with E-state index in [9.17, 15) is 44.0 Å². The maximum Gasteiger partial charge on any atom is 0.416 e. The summed E-state index contributed by atoms with van der Waals surface area (Å²) in [6, 6.07) is 22.8. The average molecular weight is 924 g/mol. The van der Waals surface area contributed by atoms with Gasteiger partial charge in [0.2, 0.25) is 31.9 Å². The number of nitrogens with one attached hydrogen (secondary N) is 2. The van der Waals surface area contributed by atoms with Gasteiger partial charge in [0.15, 0.2) is 0 Å². The summed E-state index contributed by atoms with van der Waals surface area (Å²) in [6.07, 6.45) is -2.20. The fourth-order valence-electron chi connectivity index (χ4n) is 5.49. The Kier molecular flexibility index (Phi) is 14.3. The predicted octanol–water partition coefficient (Wildman–Crippen LogP) is 8.27. The lowest BCUT2D eigenvalue weighted by atomic mass is 10.1. The van der Waals surface area contributed by atoms with E-state index in [0.29, 0.717) is 22.3 Å². The van der Waals surface area contributed by atoms with Crippen LogP contribution in [0.4, 0.5) is 28.9 Å². The summed E-state index contributed by atoms with van der Waals surface area (Å²) in [5.41, 5.74) is 1.43. The van der Waals surface area contributed by atoms with Crippen LogP contribution in [0.3, 0.4) is 0 Å². The monoisotopic (exact) mass is 922 g/mol. The third-order valence-electron chi connectivity index (χ3n) is 8.27. The zero-order valence-corrected chi connectivity index (χ0v) is 34.2. The van der Waals surface area contributed by atoms with Crippen LogP contribution < -0.4 is 20.9 Å². The van der Waals surface area contributed by atoms with E-state index in [1.165, 1.54) is 91.3 Å². The number of aromatic nitrogens is 2. The minimum Gasteiger partial charge on any atom is -0.326 e. The maximum absolute atomic E-state index is 13.9. The number of amides is 2. The van der Waals surface area contributed by atoms with Gasteiger partial charge in [-0.25, -0.2) is 41.5 Å². The van der Waals surface area contributed by atoms with Crippen molar-refractivity contribution < 1.29 is 44.0 Å². The third kappa shape index (κ3) is 12.3. The third-order valence-corrected chi connectivity index (χ3v) is 11.0. The number of hydrogen-bond acceptors (Lipinski definition) is 8. The zero-order chi connectivity index (χ0) is 44.0. The molecular formula is C39H29Cl3F4N6O6S2. The molecular weight excluding hydrogens is 895 g/mol. The van der Waals surface area contributed by atoms with Crippen LogP contribution in [-0.2, 0) is 48.7 Å². The SMILES string of the molecule is NS(=O)(=O)c1cc(NC(=O)Cc2c(F)cccc2Cl)ccc1-c1ccc(Cl)nc1.NS(=O)(=O)c1cc(NC(=O)Cc2ccc(C(F)(F)F)cc2)ccc1-c1ccc(Cl)nc1. The average Bonchev–Trinajstić information content (AvgIpc) is 3.16. The molecule has 0 saturated carbocycles. The second-order valence-electron chi connectivity index (χ2n) is 12.6. The molecule has 0 aliphatic carbocycles. The Labute approximate surface area is 355 Å². The quantitative estimate of drug-likeness (QED) is 0.0776. The van der Waals surface area contributed by atoms with Gasteiger partial charge in [-0.2, -0.15) is 13.2 Å². The lowest BCUT2D eigenvalue weighted by Gasteiger charge is -2.12. The number of benzene rings is 4. The van der Waals surface area contributed by atoms with E-state index in [2.05, 4.69) is 20.6 Å². The van der Waals surface area contributed by atoms with Crippen LogP contribution in [0.25, 0.3) is 22.3 Å². The van der Waals surface area contributed by atoms with E-state index in [1.54, 1.807) is 12.1 Å². The van der Waals surface area contributed by atoms with E-state index < -0.39 is 49.4 Å². The molecule has 0 saturated heterocycles. The molecule has 0 spiro atoms. The van der Waals surface area contributed by atoms with E-state index in [-0.39, 0.29) is 60.5 Å². The minimum atomic E-state index is -4.47. The van der Waals surface area contributed by atoms with Crippen LogP contribution in [0.2, 0.25) is 15.3 Å². The molecule has 0 radical (unpaired) electrons. The van der Waals surface area contributed by atoms with E-state index in [0.717, 1.165) is 12.1 Å². The lowest BCUT2D eigenvalue weighted by molar-refractivity contribution is -0.137. The molecule has 60 heavy (non-hydrogen) atoms. The number of carbonyl (C=O) groups is 2. The standard InChI is InChI=1S/C20H15ClF3N3O3S.C19H14Cl2FN3O3S/c21-18-8-3-13(11-26-18)16-7-6-15(10-17(16)31(25,29)30)27-19(28)9-12-1-4-14(5-2-12)20(22,23)24;20-15-2-1-3-16(22)14(15)9-19(26)25-12-5-6-13(17(8-12)29(23,27)28)11-4-7-18(21)24-10-11/h1-8,10-11H,9H2,(H,27,28)(H2,25,29,30);1-8,10H,9H2,(H,25,26)(H2,23,27,28). The van der Waals surface area contributed by atoms with Crippen molar-refractivity contribution in [2.75, 3.05) is 10.6 Å². The van der Waals surface area contributed by atoms with Gasteiger partial charge in [-0.3, -0.25) is 9.59 Å². The lowest BCUT2D eigenvalue weighted by Crippen LogP contribution is -2.17. The number of nitrogens with two attached hydrogens (primary N) is 2. The molecule has 6 rings (SSSR count). The number of carbonyl (C=O) groups excluding carboxylic acids is 2. The number of pyridine rings is 2. The molecule has 6 aromatic rings. The summed E-state index contributed by atoms with van der Waals surface area (Å²) >= 11 is 17.4. The van der Waals surface area contributed by atoms with Crippen LogP contribution in [0, 0.1) is 5.82 Å². The number of nitrogens with zero attached hydrogens (tertiary/aromatic N) is 2. The van der Waals surface area contributed by atoms with Gasteiger partial charge in [-0.1, -0.05) is 65.1 Å². The molecule has 312 valence electrons. The molecule has 12 nitrogen and oxygen atoms in total. The highest BCUT2D eigenvalue weighted by molar-refractivity contribution is 7.89. The van der Waals surface area contributed by atoms with Gasteiger partial charge in [-0.05, 0) is 78.4 Å². The predicted molar refractivity (Wildman–Crippen MR) is 220 cm³/mol. The molecule has 6 N–H and O–H groups in total. The first kappa shape index (κ1) is 45.6. The van der Waals surface area contributed by atoms with Gasteiger partial charge in [0, 0.05) is 56.6 Å². The first-order valence-corrected chi connectivity index (χ1v) is 21.1. The summed E-state index contributed by atoms with van der Waals surface area (Å²) in [6.45, 7) is 0. The molecule has 0 aliphatic rings. The topological polar surface area (TPSA) is 204 Å². The Morgan fingerprint density at radius 3 is 1.50 bits per heavy atom. The fourth-order valence-corrected chi connectivity index (χ4v) is 7.51. The van der Waals surface area contributed by atoms with Gasteiger partial charge in [-0.15, -0.1) is 0 Å². The summed E-state index contributed by atoms with van der Waals surface area (Å²) in [5.74, 6) is -1.72. The second kappa shape index (κ2) is 18.8. The normalized spacial score (nSPS) is 11.6. The molecule has 2 heterocycles. The number of alkyl halides is 3. The molecule has 2 amide bonds. The summed E-state index contributed by atoms with van der Waals surface area (Å²) in [7, 11) is -8.26. The van der Waals surface area contributed by atoms with Crippen LogP contribution in [0.1, 0.15) is 16.7 Å². The molecule has 2 aromatic heterocycles. The van der Waals surface area contributed by atoms with E-state index in [4.69, 9.17) is 45.1 Å². The van der Waals surface area contributed by atoms with Crippen LogP contribution >= 0.6 is 34.8 Å². The van der Waals surface area contributed by atoms with Crippen molar-refractivity contribution in [1.29, 1.82) is 0 Å². The molecule has 0 fully saturated rings. The van der Waals surface area contributed by atoms with Crippen molar-refractivity contribution in [2.45, 2.75) is 28.8 Å². The van der Waals surface area contributed by atoms with Crippen molar-refractivity contribution in [2.24, 2.45) is 10.3 Å². The van der Waals surface area contributed by atoms with Gasteiger partial charge in [0.1, 0.15) is 16.1 Å². The Hall–Kier alpha value is -5.47. The van der Waals surface area contributed by atoms with Crippen LogP contribution in [0.5, 0.6) is 0 Å². The van der Waals surface area contributed by atoms with Gasteiger partial charge < -0.3 is 10.6 Å². The first-order chi connectivity index (χ1) is 28.1. The van der Waals surface area contributed by atoms with Crippen molar-refractivity contribution in [3.05, 3.63) is 153 Å². The number of sulfonamides is 2. The van der Waals surface area contributed by atoms with E-state index >= 15 is 0 Å². The Bertz CT molecular complexity index is 2760. The highest BCUT2D eigenvalue weighted by Gasteiger charge is 2.30.